The van der Waals surface area contributed by atoms with Crippen LogP contribution in [-0.2, 0) is 9.84 Å². The minimum absolute atomic E-state index is 0.619. The number of ether oxygens (including phenoxy) is 1. The lowest BCUT2D eigenvalue weighted by molar-refractivity contribution is 0.166. The second-order valence-electron chi connectivity index (χ2n) is 1.55. The standard InChI is InChI=1S/C5H5N2O3/c1-10-5(9)7-3-2-6-4(7)8/h2-3H,1H3. The van der Waals surface area contributed by atoms with Crippen LogP contribution in [0.15, 0.2) is 12.4 Å². The molecule has 0 amide bonds. The molecule has 1 rings (SSSR count). The highest BCUT2D eigenvalue weighted by atomic mass is 16.5. The average Bonchev–Trinajstić information content (AvgIpc) is 2.34. The van der Waals surface area contributed by atoms with Crippen LogP contribution in [0.3, 0.4) is 0 Å². The smallest absolute Gasteiger partial charge is 0.422 e. The molecule has 0 aliphatic rings. The topological polar surface area (TPSA) is 64.0 Å². The molecular weight excluding hydrogens is 136 g/mol. The first-order valence-electron chi connectivity index (χ1n) is 2.54. The summed E-state index contributed by atoms with van der Waals surface area (Å²) >= 11 is 0. The van der Waals surface area contributed by atoms with Gasteiger partial charge < -0.3 is 4.74 Å². The number of carbonyl (C=O) groups excluding carboxylic acids is 1. The zero-order valence-corrected chi connectivity index (χ0v) is 5.27. The van der Waals surface area contributed by atoms with Crippen LogP contribution in [0.4, 0.5) is 4.79 Å². The molecule has 53 valence electrons. The van der Waals surface area contributed by atoms with Gasteiger partial charge in [0, 0.05) is 12.4 Å². The van der Waals surface area contributed by atoms with Gasteiger partial charge in [0.15, 0.2) is 0 Å². The monoisotopic (exact) mass is 141 g/mol. The maximum atomic E-state index is 10.6. The summed E-state index contributed by atoms with van der Waals surface area (Å²) in [5, 5.41) is 10.6. The number of nitrogens with zero attached hydrogens (tertiary/aromatic N) is 2. The van der Waals surface area contributed by atoms with Gasteiger partial charge in [0.1, 0.15) is 0 Å². The highest BCUT2D eigenvalue weighted by Gasteiger charge is 2.09. The fourth-order valence-electron chi connectivity index (χ4n) is 0.527. The lowest BCUT2D eigenvalue weighted by atomic mass is 10.9. The zero-order valence-electron chi connectivity index (χ0n) is 5.27. The number of rotatable bonds is 0. The maximum Gasteiger partial charge on any atom is 0.422 e. The molecule has 0 N–H and O–H groups in total. The third-order valence-corrected chi connectivity index (χ3v) is 0.978. The number of aromatic nitrogens is 2. The SMILES string of the molecule is COC(=O)n1ccnc1[O]. The number of hydrogen-bond acceptors (Lipinski definition) is 3. The van der Waals surface area contributed by atoms with E-state index in [1.807, 2.05) is 0 Å². The summed E-state index contributed by atoms with van der Waals surface area (Å²) in [6.45, 7) is 0. The Morgan fingerprint density at radius 3 is 2.90 bits per heavy atom. The largest absolute Gasteiger partial charge is 0.452 e. The average molecular weight is 141 g/mol. The Morgan fingerprint density at radius 1 is 1.80 bits per heavy atom. The summed E-state index contributed by atoms with van der Waals surface area (Å²) in [5.41, 5.74) is 0. The van der Waals surface area contributed by atoms with Crippen molar-refractivity contribution in [3.05, 3.63) is 12.4 Å². The summed E-state index contributed by atoms with van der Waals surface area (Å²) < 4.78 is 5.04. The molecular formula is C5H5N2O3. The summed E-state index contributed by atoms with van der Waals surface area (Å²) in [6, 6.07) is -0.619. The van der Waals surface area contributed by atoms with E-state index in [9.17, 15) is 9.90 Å². The molecule has 0 saturated carbocycles. The molecule has 0 fully saturated rings. The van der Waals surface area contributed by atoms with Crippen molar-refractivity contribution in [2.45, 2.75) is 0 Å². The molecule has 0 aliphatic carbocycles. The van der Waals surface area contributed by atoms with Crippen LogP contribution in [0.25, 0.3) is 0 Å². The Balaban J connectivity index is 2.93. The van der Waals surface area contributed by atoms with E-state index in [4.69, 9.17) is 0 Å². The van der Waals surface area contributed by atoms with E-state index < -0.39 is 12.1 Å². The Labute approximate surface area is 56.9 Å². The first-order valence-corrected chi connectivity index (χ1v) is 2.54. The highest BCUT2D eigenvalue weighted by Crippen LogP contribution is 2.04. The van der Waals surface area contributed by atoms with Crippen molar-refractivity contribution in [3.63, 3.8) is 0 Å². The first-order chi connectivity index (χ1) is 4.75. The molecule has 5 heteroatoms. The number of carbonyl (C=O) groups is 1. The van der Waals surface area contributed by atoms with Crippen LogP contribution >= 0.6 is 0 Å². The van der Waals surface area contributed by atoms with Crippen molar-refractivity contribution in [2.24, 2.45) is 0 Å². The van der Waals surface area contributed by atoms with Crippen molar-refractivity contribution < 1.29 is 14.6 Å². The van der Waals surface area contributed by atoms with Gasteiger partial charge in [0.2, 0.25) is 0 Å². The molecule has 10 heavy (non-hydrogen) atoms. The van der Waals surface area contributed by atoms with Crippen molar-refractivity contribution in [1.29, 1.82) is 0 Å². The van der Waals surface area contributed by atoms with Gasteiger partial charge in [-0.2, -0.15) is 4.98 Å². The minimum atomic E-state index is -0.720. The van der Waals surface area contributed by atoms with Gasteiger partial charge in [-0.05, 0) is 0 Å². The van der Waals surface area contributed by atoms with E-state index in [0.717, 1.165) is 4.57 Å². The van der Waals surface area contributed by atoms with E-state index in [0.29, 0.717) is 0 Å². The molecule has 1 aromatic heterocycles. The molecule has 0 spiro atoms. The van der Waals surface area contributed by atoms with Gasteiger partial charge in [-0.3, -0.25) is 0 Å². The minimum Gasteiger partial charge on any atom is -0.452 e. The van der Waals surface area contributed by atoms with E-state index in [2.05, 4.69) is 9.72 Å². The molecule has 0 aliphatic heterocycles. The number of hydrogen-bond donors (Lipinski definition) is 0. The summed E-state index contributed by atoms with van der Waals surface area (Å²) in [6.07, 6.45) is 1.76. The van der Waals surface area contributed by atoms with Gasteiger partial charge in [-0.1, -0.05) is 0 Å². The predicted molar refractivity (Wildman–Crippen MR) is 30.2 cm³/mol. The summed E-state index contributed by atoms with van der Waals surface area (Å²) in [5.74, 6) is 0. The lowest BCUT2D eigenvalue weighted by Crippen LogP contribution is -2.08. The summed E-state index contributed by atoms with van der Waals surface area (Å²) in [4.78, 5) is 13.9. The quantitative estimate of drug-likeness (QED) is 0.532. The lowest BCUT2D eigenvalue weighted by Gasteiger charge is -1.95. The van der Waals surface area contributed by atoms with Crippen LogP contribution in [0.2, 0.25) is 0 Å². The van der Waals surface area contributed by atoms with Gasteiger partial charge >= 0.3 is 12.1 Å². The van der Waals surface area contributed by atoms with E-state index >= 15 is 0 Å². The molecule has 0 unspecified atom stereocenters. The second-order valence-corrected chi connectivity index (χ2v) is 1.55. The molecule has 0 saturated heterocycles. The molecule has 1 aromatic rings. The van der Waals surface area contributed by atoms with Gasteiger partial charge in [-0.25, -0.2) is 14.5 Å². The van der Waals surface area contributed by atoms with Gasteiger partial charge in [-0.15, -0.1) is 0 Å². The van der Waals surface area contributed by atoms with Crippen LogP contribution in [0.5, 0.6) is 6.01 Å². The normalized spacial score (nSPS) is 9.30. The molecule has 0 atom stereocenters. The van der Waals surface area contributed by atoms with Crippen molar-refractivity contribution in [2.75, 3.05) is 7.11 Å². The highest BCUT2D eigenvalue weighted by molar-refractivity contribution is 5.71. The molecule has 1 heterocycles. The van der Waals surface area contributed by atoms with Crippen LogP contribution in [0, 0.1) is 0 Å². The summed E-state index contributed by atoms with van der Waals surface area (Å²) in [7, 11) is 1.20. The Morgan fingerprint density at radius 2 is 2.50 bits per heavy atom. The number of imidazole rings is 1. The van der Waals surface area contributed by atoms with Crippen molar-refractivity contribution in [3.8, 4) is 6.01 Å². The van der Waals surface area contributed by atoms with E-state index in [-0.39, 0.29) is 0 Å². The molecule has 1 radical (unpaired) electrons. The third kappa shape index (κ3) is 0.928. The van der Waals surface area contributed by atoms with Crippen molar-refractivity contribution >= 4 is 6.09 Å². The zero-order chi connectivity index (χ0) is 7.56. The third-order valence-electron chi connectivity index (χ3n) is 0.978. The fourth-order valence-corrected chi connectivity index (χ4v) is 0.527. The van der Waals surface area contributed by atoms with E-state index in [1.54, 1.807) is 0 Å². The van der Waals surface area contributed by atoms with Crippen molar-refractivity contribution in [1.82, 2.24) is 9.55 Å². The molecule has 5 nitrogen and oxygen atoms in total. The Bertz CT molecular complexity index is 243. The molecule has 0 bridgehead atoms. The van der Waals surface area contributed by atoms with E-state index in [1.165, 1.54) is 19.5 Å². The van der Waals surface area contributed by atoms with Crippen LogP contribution < -0.4 is 0 Å². The predicted octanol–water partition coefficient (Wildman–Crippen LogP) is 0.641. The molecule has 0 aromatic carbocycles. The number of methoxy groups -OCH3 is 1. The first kappa shape index (κ1) is 6.60. The van der Waals surface area contributed by atoms with Gasteiger partial charge in [0.05, 0.1) is 7.11 Å². The Hall–Kier alpha value is -1.52. The Kier molecular flexibility index (Phi) is 1.57. The fraction of sp³-hybridized carbons (Fsp3) is 0.200. The van der Waals surface area contributed by atoms with Crippen LogP contribution in [-0.4, -0.2) is 22.8 Å². The second kappa shape index (κ2) is 2.38. The van der Waals surface area contributed by atoms with Gasteiger partial charge in [0.25, 0.3) is 0 Å². The maximum absolute atomic E-state index is 10.6. The van der Waals surface area contributed by atoms with Crippen LogP contribution in [0.1, 0.15) is 0 Å².